The molecule has 0 amide bonds. The van der Waals surface area contributed by atoms with Crippen LogP contribution in [0.15, 0.2) is 0 Å². The van der Waals surface area contributed by atoms with Crippen LogP contribution in [0, 0.1) is 0 Å². The molecule has 3 nitrogen and oxygen atoms in total. The van der Waals surface area contributed by atoms with Crippen molar-refractivity contribution in [3.8, 4) is 0 Å². The Balaban J connectivity index is 2.23. The Bertz CT molecular complexity index is 181. The summed E-state index contributed by atoms with van der Waals surface area (Å²) in [6.45, 7) is 5.01. The fourth-order valence-corrected chi connectivity index (χ4v) is 2.57. The molecule has 0 aromatic rings. The lowest BCUT2D eigenvalue weighted by Gasteiger charge is -2.32. The zero-order valence-electron chi connectivity index (χ0n) is 11.7. The lowest BCUT2D eigenvalue weighted by atomic mass is 10.0. The number of hydrogen-bond donors (Lipinski definition) is 1. The van der Waals surface area contributed by atoms with Gasteiger partial charge in [0.2, 0.25) is 0 Å². The molecule has 0 spiro atoms. The molecule has 0 aliphatic carbocycles. The number of likely N-dealkylation sites (N-methyl/N-ethyl adjacent to an activating group) is 1. The minimum atomic E-state index is 0.439. The predicted molar refractivity (Wildman–Crippen MR) is 73.2 cm³/mol. The summed E-state index contributed by atoms with van der Waals surface area (Å²) in [5.74, 6) is 0. The van der Waals surface area contributed by atoms with Crippen molar-refractivity contribution in [3.05, 3.63) is 0 Å². The van der Waals surface area contributed by atoms with Gasteiger partial charge in [0, 0.05) is 25.7 Å². The highest BCUT2D eigenvalue weighted by Gasteiger charge is 2.19. The topological polar surface area (TPSA) is 38.5 Å². The average molecular weight is 242 g/mol. The Morgan fingerprint density at radius 2 is 2.18 bits per heavy atom. The number of nitrogens with zero attached hydrogens (tertiary/aromatic N) is 1. The van der Waals surface area contributed by atoms with E-state index in [0.29, 0.717) is 12.1 Å². The fraction of sp³-hybridized carbons (Fsp3) is 1.00. The maximum absolute atomic E-state index is 5.88. The van der Waals surface area contributed by atoms with E-state index in [2.05, 4.69) is 18.9 Å². The Morgan fingerprint density at radius 1 is 1.35 bits per heavy atom. The van der Waals surface area contributed by atoms with E-state index >= 15 is 0 Å². The lowest BCUT2D eigenvalue weighted by Crippen LogP contribution is -2.43. The number of hydrogen-bond acceptors (Lipinski definition) is 3. The first-order chi connectivity index (χ1) is 8.27. The number of unbranched alkanes of at least 4 members (excludes halogenated alkanes) is 2. The van der Waals surface area contributed by atoms with Gasteiger partial charge in [-0.25, -0.2) is 0 Å². The van der Waals surface area contributed by atoms with Crippen molar-refractivity contribution >= 4 is 0 Å². The molecule has 0 radical (unpaired) electrons. The van der Waals surface area contributed by atoms with Gasteiger partial charge in [-0.1, -0.05) is 26.2 Å². The maximum Gasteiger partial charge on any atom is 0.0702 e. The quantitative estimate of drug-likeness (QED) is 0.664. The molecular weight excluding hydrogens is 212 g/mol. The normalized spacial score (nSPS) is 22.9. The summed E-state index contributed by atoms with van der Waals surface area (Å²) in [5.41, 5.74) is 5.88. The van der Waals surface area contributed by atoms with Gasteiger partial charge in [-0.15, -0.1) is 0 Å². The Kier molecular flexibility index (Phi) is 7.82. The van der Waals surface area contributed by atoms with E-state index < -0.39 is 0 Å². The summed E-state index contributed by atoms with van der Waals surface area (Å²) >= 11 is 0. The van der Waals surface area contributed by atoms with Gasteiger partial charge in [-0.2, -0.15) is 0 Å². The van der Waals surface area contributed by atoms with Crippen LogP contribution in [0.5, 0.6) is 0 Å². The van der Waals surface area contributed by atoms with E-state index in [9.17, 15) is 0 Å². The van der Waals surface area contributed by atoms with Crippen LogP contribution in [0.4, 0.5) is 0 Å². The molecule has 1 heterocycles. The van der Waals surface area contributed by atoms with Crippen LogP contribution >= 0.6 is 0 Å². The zero-order valence-corrected chi connectivity index (χ0v) is 11.7. The van der Waals surface area contributed by atoms with Crippen molar-refractivity contribution in [2.24, 2.45) is 5.73 Å². The van der Waals surface area contributed by atoms with Crippen LogP contribution in [0.1, 0.15) is 51.9 Å². The first-order valence-electron chi connectivity index (χ1n) is 7.29. The summed E-state index contributed by atoms with van der Waals surface area (Å²) in [5, 5.41) is 0. The second-order valence-electron chi connectivity index (χ2n) is 5.31. The van der Waals surface area contributed by atoms with Gasteiger partial charge in [0.25, 0.3) is 0 Å². The molecule has 0 saturated carbocycles. The molecule has 2 unspecified atom stereocenters. The first-order valence-corrected chi connectivity index (χ1v) is 7.29. The molecule has 0 aromatic carbocycles. The lowest BCUT2D eigenvalue weighted by molar-refractivity contribution is -0.00826. The second-order valence-corrected chi connectivity index (χ2v) is 5.31. The Morgan fingerprint density at radius 3 is 2.76 bits per heavy atom. The van der Waals surface area contributed by atoms with E-state index in [-0.39, 0.29) is 0 Å². The average Bonchev–Trinajstić information content (AvgIpc) is 2.36. The molecule has 1 saturated heterocycles. The van der Waals surface area contributed by atoms with Crippen molar-refractivity contribution < 1.29 is 4.74 Å². The highest BCUT2D eigenvalue weighted by molar-refractivity contribution is 4.74. The van der Waals surface area contributed by atoms with Gasteiger partial charge in [-0.3, -0.25) is 4.90 Å². The van der Waals surface area contributed by atoms with E-state index in [0.717, 1.165) is 19.7 Å². The van der Waals surface area contributed by atoms with Gasteiger partial charge < -0.3 is 10.5 Å². The van der Waals surface area contributed by atoms with Crippen molar-refractivity contribution in [1.29, 1.82) is 0 Å². The van der Waals surface area contributed by atoms with Crippen molar-refractivity contribution in [2.45, 2.75) is 64.0 Å². The van der Waals surface area contributed by atoms with Crippen LogP contribution in [-0.2, 0) is 4.74 Å². The molecule has 0 bridgehead atoms. The molecule has 17 heavy (non-hydrogen) atoms. The predicted octanol–water partition coefficient (Wildman–Crippen LogP) is 2.39. The number of ether oxygens (including phenoxy) is 1. The third-order valence-corrected chi connectivity index (χ3v) is 3.80. The number of rotatable bonds is 8. The van der Waals surface area contributed by atoms with Crippen LogP contribution in [0.3, 0.4) is 0 Å². The molecule has 2 atom stereocenters. The van der Waals surface area contributed by atoms with Gasteiger partial charge in [0.05, 0.1) is 6.10 Å². The first kappa shape index (κ1) is 14.9. The molecule has 2 N–H and O–H groups in total. The SMILES string of the molecule is CCCCCC(CN)N(C)CC1CCCCO1. The third kappa shape index (κ3) is 5.84. The summed E-state index contributed by atoms with van der Waals surface area (Å²) in [6.07, 6.45) is 9.35. The van der Waals surface area contributed by atoms with Crippen molar-refractivity contribution in [3.63, 3.8) is 0 Å². The van der Waals surface area contributed by atoms with E-state index in [1.54, 1.807) is 0 Å². The zero-order chi connectivity index (χ0) is 12.5. The highest BCUT2D eigenvalue weighted by atomic mass is 16.5. The summed E-state index contributed by atoms with van der Waals surface area (Å²) in [7, 11) is 2.20. The van der Waals surface area contributed by atoms with E-state index in [4.69, 9.17) is 10.5 Å². The highest BCUT2D eigenvalue weighted by Crippen LogP contribution is 2.15. The molecule has 102 valence electrons. The van der Waals surface area contributed by atoms with Gasteiger partial charge >= 0.3 is 0 Å². The fourth-order valence-electron chi connectivity index (χ4n) is 2.57. The molecular formula is C14H30N2O. The van der Waals surface area contributed by atoms with Crippen LogP contribution in [0.2, 0.25) is 0 Å². The van der Waals surface area contributed by atoms with Crippen molar-refractivity contribution in [2.75, 3.05) is 26.7 Å². The minimum Gasteiger partial charge on any atom is -0.377 e. The summed E-state index contributed by atoms with van der Waals surface area (Å²) in [4.78, 5) is 2.41. The smallest absolute Gasteiger partial charge is 0.0702 e. The minimum absolute atomic E-state index is 0.439. The van der Waals surface area contributed by atoms with Gasteiger partial charge in [-0.05, 0) is 32.7 Å². The molecule has 3 heteroatoms. The molecule has 1 rings (SSSR count). The Labute approximate surface area is 107 Å². The second kappa shape index (κ2) is 8.90. The largest absolute Gasteiger partial charge is 0.377 e. The van der Waals surface area contributed by atoms with Crippen LogP contribution in [0.25, 0.3) is 0 Å². The third-order valence-electron chi connectivity index (χ3n) is 3.80. The van der Waals surface area contributed by atoms with Gasteiger partial charge in [0.1, 0.15) is 0 Å². The molecule has 1 aliphatic rings. The molecule has 1 fully saturated rings. The van der Waals surface area contributed by atoms with Crippen LogP contribution < -0.4 is 5.73 Å². The standard InChI is InChI=1S/C14H30N2O/c1-3-4-5-8-13(11-15)16(2)12-14-9-6-7-10-17-14/h13-14H,3-12,15H2,1-2H3. The van der Waals surface area contributed by atoms with E-state index in [1.807, 2.05) is 0 Å². The van der Waals surface area contributed by atoms with E-state index in [1.165, 1.54) is 44.9 Å². The monoisotopic (exact) mass is 242 g/mol. The van der Waals surface area contributed by atoms with Gasteiger partial charge in [0.15, 0.2) is 0 Å². The maximum atomic E-state index is 5.88. The molecule has 0 aromatic heterocycles. The molecule has 1 aliphatic heterocycles. The summed E-state index contributed by atoms with van der Waals surface area (Å²) < 4.78 is 5.79. The summed E-state index contributed by atoms with van der Waals surface area (Å²) in [6, 6.07) is 0.534. The number of nitrogens with two attached hydrogens (primary N) is 1. The Hall–Kier alpha value is -0.120. The van der Waals surface area contributed by atoms with Crippen molar-refractivity contribution in [1.82, 2.24) is 4.90 Å². The van der Waals surface area contributed by atoms with Crippen LogP contribution in [-0.4, -0.2) is 43.8 Å².